The SMILES string of the molecule is CNC(COC)Cc1cc(Cl)ccc1F. The van der Waals surface area contributed by atoms with Crippen molar-refractivity contribution in [2.45, 2.75) is 12.5 Å². The van der Waals surface area contributed by atoms with E-state index in [2.05, 4.69) is 5.32 Å². The van der Waals surface area contributed by atoms with Crippen molar-refractivity contribution in [1.82, 2.24) is 5.32 Å². The summed E-state index contributed by atoms with van der Waals surface area (Å²) in [5, 5.41) is 3.62. The van der Waals surface area contributed by atoms with Crippen LogP contribution in [0.25, 0.3) is 0 Å². The van der Waals surface area contributed by atoms with Crippen LogP contribution in [0.2, 0.25) is 5.02 Å². The molecule has 0 aliphatic carbocycles. The Hall–Kier alpha value is -0.640. The first-order chi connectivity index (χ1) is 7.17. The number of hydrogen-bond donors (Lipinski definition) is 1. The second-order valence-electron chi connectivity index (χ2n) is 3.38. The first-order valence-corrected chi connectivity index (χ1v) is 5.15. The number of benzene rings is 1. The van der Waals surface area contributed by atoms with Gasteiger partial charge in [0.15, 0.2) is 0 Å². The lowest BCUT2D eigenvalue weighted by Gasteiger charge is -2.15. The van der Waals surface area contributed by atoms with Gasteiger partial charge in [-0.1, -0.05) is 11.6 Å². The lowest BCUT2D eigenvalue weighted by molar-refractivity contribution is 0.169. The molecule has 0 radical (unpaired) electrons. The number of ether oxygens (including phenoxy) is 1. The van der Waals surface area contributed by atoms with Gasteiger partial charge in [-0.25, -0.2) is 4.39 Å². The summed E-state index contributed by atoms with van der Waals surface area (Å²) >= 11 is 5.80. The zero-order valence-electron chi connectivity index (χ0n) is 8.89. The summed E-state index contributed by atoms with van der Waals surface area (Å²) < 4.78 is 18.4. The highest BCUT2D eigenvalue weighted by atomic mass is 35.5. The third-order valence-corrected chi connectivity index (χ3v) is 2.49. The summed E-state index contributed by atoms with van der Waals surface area (Å²) in [4.78, 5) is 0. The molecule has 15 heavy (non-hydrogen) atoms. The molecule has 0 aliphatic heterocycles. The van der Waals surface area contributed by atoms with E-state index in [9.17, 15) is 4.39 Å². The van der Waals surface area contributed by atoms with Crippen LogP contribution < -0.4 is 5.32 Å². The highest BCUT2D eigenvalue weighted by Crippen LogP contribution is 2.16. The fourth-order valence-corrected chi connectivity index (χ4v) is 1.61. The smallest absolute Gasteiger partial charge is 0.126 e. The van der Waals surface area contributed by atoms with Gasteiger partial charge in [0.05, 0.1) is 6.61 Å². The molecule has 1 unspecified atom stereocenters. The second kappa shape index (κ2) is 6.05. The van der Waals surface area contributed by atoms with Crippen LogP contribution in [0.5, 0.6) is 0 Å². The summed E-state index contributed by atoms with van der Waals surface area (Å²) in [6.07, 6.45) is 0.566. The van der Waals surface area contributed by atoms with Crippen LogP contribution in [0.15, 0.2) is 18.2 Å². The van der Waals surface area contributed by atoms with Crippen molar-refractivity contribution < 1.29 is 9.13 Å². The minimum absolute atomic E-state index is 0.1000. The van der Waals surface area contributed by atoms with Crippen LogP contribution in [0.1, 0.15) is 5.56 Å². The molecule has 0 saturated heterocycles. The Kier molecular flexibility index (Phi) is 5.02. The summed E-state index contributed by atoms with van der Waals surface area (Å²) in [5.74, 6) is -0.226. The average Bonchev–Trinajstić information content (AvgIpc) is 2.22. The first kappa shape index (κ1) is 12.4. The van der Waals surface area contributed by atoms with Crippen LogP contribution in [0, 0.1) is 5.82 Å². The fraction of sp³-hybridized carbons (Fsp3) is 0.455. The van der Waals surface area contributed by atoms with Crippen LogP contribution in [-0.2, 0) is 11.2 Å². The Bertz CT molecular complexity index is 319. The monoisotopic (exact) mass is 231 g/mol. The van der Waals surface area contributed by atoms with E-state index in [1.165, 1.54) is 6.07 Å². The van der Waals surface area contributed by atoms with Crippen molar-refractivity contribution in [3.8, 4) is 0 Å². The molecule has 0 aliphatic rings. The molecule has 0 fully saturated rings. The zero-order valence-corrected chi connectivity index (χ0v) is 9.64. The van der Waals surface area contributed by atoms with Crippen molar-refractivity contribution in [2.75, 3.05) is 20.8 Å². The molecule has 0 bridgehead atoms. The van der Waals surface area contributed by atoms with E-state index in [-0.39, 0.29) is 11.9 Å². The van der Waals surface area contributed by atoms with Gasteiger partial charge in [0.1, 0.15) is 5.82 Å². The van der Waals surface area contributed by atoms with Crippen molar-refractivity contribution in [1.29, 1.82) is 0 Å². The standard InChI is InChI=1S/C11H15ClFNO/c1-14-10(7-15-2)6-8-5-9(12)3-4-11(8)13/h3-5,10,14H,6-7H2,1-2H3. The summed E-state index contributed by atoms with van der Waals surface area (Å²) in [6.45, 7) is 0.544. The molecule has 1 aromatic carbocycles. The molecule has 0 amide bonds. The highest BCUT2D eigenvalue weighted by molar-refractivity contribution is 6.30. The van der Waals surface area contributed by atoms with Gasteiger partial charge in [-0.05, 0) is 37.2 Å². The molecule has 0 spiro atoms. The van der Waals surface area contributed by atoms with E-state index in [0.717, 1.165) is 0 Å². The number of halogens is 2. The molecule has 1 rings (SSSR count). The van der Waals surface area contributed by atoms with E-state index in [1.54, 1.807) is 19.2 Å². The maximum Gasteiger partial charge on any atom is 0.126 e. The van der Waals surface area contributed by atoms with Gasteiger partial charge in [-0.3, -0.25) is 0 Å². The Balaban J connectivity index is 2.73. The third-order valence-electron chi connectivity index (χ3n) is 2.25. The molecule has 0 aromatic heterocycles. The third kappa shape index (κ3) is 3.78. The number of rotatable bonds is 5. The largest absolute Gasteiger partial charge is 0.383 e. The van der Waals surface area contributed by atoms with E-state index in [1.807, 2.05) is 7.05 Å². The minimum atomic E-state index is -0.226. The quantitative estimate of drug-likeness (QED) is 0.840. The van der Waals surface area contributed by atoms with Gasteiger partial charge < -0.3 is 10.1 Å². The molecule has 2 nitrogen and oxygen atoms in total. The Morgan fingerprint density at radius 3 is 2.87 bits per heavy atom. The average molecular weight is 232 g/mol. The van der Waals surface area contributed by atoms with Gasteiger partial charge >= 0.3 is 0 Å². The summed E-state index contributed by atoms with van der Waals surface area (Å²) in [7, 11) is 3.45. The number of methoxy groups -OCH3 is 1. The maximum atomic E-state index is 13.4. The van der Waals surface area contributed by atoms with Crippen molar-refractivity contribution in [2.24, 2.45) is 0 Å². The first-order valence-electron chi connectivity index (χ1n) is 4.77. The maximum absolute atomic E-state index is 13.4. The van der Waals surface area contributed by atoms with E-state index in [0.29, 0.717) is 23.6 Å². The molecule has 0 heterocycles. The van der Waals surface area contributed by atoms with Gasteiger partial charge in [0.2, 0.25) is 0 Å². The van der Waals surface area contributed by atoms with Crippen LogP contribution in [0.4, 0.5) is 4.39 Å². The molecule has 1 N–H and O–H groups in total. The lowest BCUT2D eigenvalue weighted by atomic mass is 10.1. The molecule has 1 aromatic rings. The fourth-order valence-electron chi connectivity index (χ4n) is 1.41. The predicted octanol–water partition coefficient (Wildman–Crippen LogP) is 2.26. The van der Waals surface area contributed by atoms with Crippen LogP contribution >= 0.6 is 11.6 Å². The molecular weight excluding hydrogens is 217 g/mol. The Morgan fingerprint density at radius 1 is 1.53 bits per heavy atom. The Morgan fingerprint density at radius 2 is 2.27 bits per heavy atom. The van der Waals surface area contributed by atoms with Crippen molar-refractivity contribution >= 4 is 11.6 Å². The molecule has 1 atom stereocenters. The van der Waals surface area contributed by atoms with E-state index < -0.39 is 0 Å². The Labute approximate surface area is 94.4 Å². The number of likely N-dealkylation sites (N-methyl/N-ethyl adjacent to an activating group) is 1. The second-order valence-corrected chi connectivity index (χ2v) is 3.82. The van der Waals surface area contributed by atoms with Crippen LogP contribution in [0.3, 0.4) is 0 Å². The highest BCUT2D eigenvalue weighted by Gasteiger charge is 2.10. The molecule has 4 heteroatoms. The van der Waals surface area contributed by atoms with E-state index >= 15 is 0 Å². The zero-order chi connectivity index (χ0) is 11.3. The molecule has 84 valence electrons. The van der Waals surface area contributed by atoms with Crippen molar-refractivity contribution in [3.63, 3.8) is 0 Å². The van der Waals surface area contributed by atoms with E-state index in [4.69, 9.17) is 16.3 Å². The lowest BCUT2D eigenvalue weighted by Crippen LogP contribution is -2.32. The molecule has 0 saturated carbocycles. The minimum Gasteiger partial charge on any atom is -0.383 e. The van der Waals surface area contributed by atoms with Gasteiger partial charge in [0, 0.05) is 18.2 Å². The number of nitrogens with one attached hydrogen (secondary N) is 1. The molecular formula is C11H15ClFNO. The summed E-state index contributed by atoms with van der Waals surface area (Å²) in [5.41, 5.74) is 0.610. The van der Waals surface area contributed by atoms with Crippen molar-refractivity contribution in [3.05, 3.63) is 34.6 Å². The number of hydrogen-bond acceptors (Lipinski definition) is 2. The predicted molar refractivity (Wildman–Crippen MR) is 59.8 cm³/mol. The van der Waals surface area contributed by atoms with Crippen LogP contribution in [-0.4, -0.2) is 26.8 Å². The van der Waals surface area contributed by atoms with Gasteiger partial charge in [-0.15, -0.1) is 0 Å². The van der Waals surface area contributed by atoms with Gasteiger partial charge in [-0.2, -0.15) is 0 Å². The normalized spacial score (nSPS) is 12.8. The summed E-state index contributed by atoms with van der Waals surface area (Å²) in [6, 6.07) is 4.68. The van der Waals surface area contributed by atoms with Gasteiger partial charge in [0.25, 0.3) is 0 Å². The topological polar surface area (TPSA) is 21.3 Å².